The van der Waals surface area contributed by atoms with E-state index in [2.05, 4.69) is 0 Å². The fourth-order valence-corrected chi connectivity index (χ4v) is 1.72. The molecule has 0 heterocycles. The number of thioether (sulfide) groups is 1. The van der Waals surface area contributed by atoms with Gasteiger partial charge in [-0.3, -0.25) is 9.59 Å². The van der Waals surface area contributed by atoms with Crippen LogP contribution in [-0.2, 0) is 9.59 Å². The van der Waals surface area contributed by atoms with E-state index < -0.39 is 12.0 Å². The molecular weight excluding hydrogens is 200 g/mol. The first kappa shape index (κ1) is 13.7. The van der Waals surface area contributed by atoms with Crippen molar-refractivity contribution in [3.63, 3.8) is 0 Å². The summed E-state index contributed by atoms with van der Waals surface area (Å²) >= 11 is 0.681. The maximum absolute atomic E-state index is 11.4. The van der Waals surface area contributed by atoms with E-state index in [4.69, 9.17) is 0 Å². The van der Waals surface area contributed by atoms with Crippen LogP contribution in [0.1, 0.15) is 34.1 Å². The highest BCUT2D eigenvalue weighted by Gasteiger charge is 2.26. The number of aliphatic hydroxyl groups is 1. The second kappa shape index (κ2) is 6.19. The van der Waals surface area contributed by atoms with Crippen LogP contribution in [0.15, 0.2) is 0 Å². The third-order valence-corrected chi connectivity index (χ3v) is 3.22. The Morgan fingerprint density at radius 1 is 1.36 bits per heavy atom. The molecule has 0 aromatic heterocycles. The van der Waals surface area contributed by atoms with E-state index in [0.29, 0.717) is 11.8 Å². The maximum Gasteiger partial charge on any atom is 0.201 e. The highest BCUT2D eigenvalue weighted by molar-refractivity contribution is 8.26. The molecule has 0 spiro atoms. The van der Waals surface area contributed by atoms with Crippen LogP contribution in [0.5, 0.6) is 0 Å². The van der Waals surface area contributed by atoms with Crippen LogP contribution >= 0.6 is 11.8 Å². The van der Waals surface area contributed by atoms with Crippen molar-refractivity contribution in [1.29, 1.82) is 0 Å². The molecule has 0 aliphatic heterocycles. The molecule has 1 N–H and O–H groups in total. The Morgan fingerprint density at radius 3 is 2.21 bits per heavy atom. The molecule has 82 valence electrons. The SMILES string of the molecule is CC[C@@H](C)[C@@H](O)[C@H](C)C(=O)SC(C)=O. The number of hydrogen-bond donors (Lipinski definition) is 1. The van der Waals surface area contributed by atoms with E-state index >= 15 is 0 Å². The lowest BCUT2D eigenvalue weighted by Gasteiger charge is -2.22. The van der Waals surface area contributed by atoms with Crippen LogP contribution in [0.3, 0.4) is 0 Å². The van der Waals surface area contributed by atoms with Crippen LogP contribution in [0.2, 0.25) is 0 Å². The van der Waals surface area contributed by atoms with Crippen molar-refractivity contribution >= 4 is 22.0 Å². The van der Waals surface area contributed by atoms with Crippen molar-refractivity contribution in [3.05, 3.63) is 0 Å². The highest BCUT2D eigenvalue weighted by Crippen LogP contribution is 2.21. The van der Waals surface area contributed by atoms with Gasteiger partial charge in [0.25, 0.3) is 0 Å². The fourth-order valence-electron chi connectivity index (χ4n) is 1.11. The van der Waals surface area contributed by atoms with E-state index in [1.54, 1.807) is 6.92 Å². The minimum Gasteiger partial charge on any atom is -0.392 e. The van der Waals surface area contributed by atoms with Crippen LogP contribution in [0.25, 0.3) is 0 Å². The predicted octanol–water partition coefficient (Wildman–Crippen LogP) is 1.84. The zero-order chi connectivity index (χ0) is 11.3. The van der Waals surface area contributed by atoms with Gasteiger partial charge in [0, 0.05) is 6.92 Å². The van der Waals surface area contributed by atoms with Crippen LogP contribution in [-0.4, -0.2) is 21.4 Å². The van der Waals surface area contributed by atoms with E-state index in [-0.39, 0.29) is 16.1 Å². The van der Waals surface area contributed by atoms with Gasteiger partial charge in [-0.05, 0) is 17.7 Å². The first-order valence-electron chi connectivity index (χ1n) is 4.80. The molecule has 0 radical (unpaired) electrons. The fraction of sp³-hybridized carbons (Fsp3) is 0.800. The Kier molecular flexibility index (Phi) is 6.04. The normalized spacial score (nSPS) is 17.2. The standard InChI is InChI=1S/C10H18O3S/c1-5-6(2)9(12)7(3)10(13)14-8(4)11/h6-7,9,12H,5H2,1-4H3/t6-,7+,9-/m1/s1. The van der Waals surface area contributed by atoms with Crippen molar-refractivity contribution in [2.45, 2.75) is 40.2 Å². The summed E-state index contributed by atoms with van der Waals surface area (Å²) in [6, 6.07) is 0. The highest BCUT2D eigenvalue weighted by atomic mass is 32.2. The molecule has 0 rings (SSSR count). The lowest BCUT2D eigenvalue weighted by atomic mass is 9.92. The first-order valence-corrected chi connectivity index (χ1v) is 5.62. The van der Waals surface area contributed by atoms with Crippen molar-refractivity contribution in [1.82, 2.24) is 0 Å². The molecule has 4 heteroatoms. The molecule has 0 amide bonds. The van der Waals surface area contributed by atoms with Crippen molar-refractivity contribution < 1.29 is 14.7 Å². The minimum atomic E-state index is -0.653. The molecule has 0 saturated carbocycles. The number of hydrogen-bond acceptors (Lipinski definition) is 4. The maximum atomic E-state index is 11.4. The molecule has 3 nitrogen and oxygen atoms in total. The summed E-state index contributed by atoms with van der Waals surface area (Å²) in [7, 11) is 0. The van der Waals surface area contributed by atoms with Crippen molar-refractivity contribution in [2.24, 2.45) is 11.8 Å². The van der Waals surface area contributed by atoms with E-state index in [9.17, 15) is 14.7 Å². The molecular formula is C10H18O3S. The quantitative estimate of drug-likeness (QED) is 0.782. The predicted molar refractivity (Wildman–Crippen MR) is 57.9 cm³/mol. The Morgan fingerprint density at radius 2 is 1.86 bits per heavy atom. The summed E-state index contributed by atoms with van der Waals surface area (Å²) in [6.45, 7) is 6.87. The molecule has 0 saturated heterocycles. The lowest BCUT2D eigenvalue weighted by Crippen LogP contribution is -2.30. The van der Waals surface area contributed by atoms with Gasteiger partial charge in [-0.1, -0.05) is 27.2 Å². The zero-order valence-electron chi connectivity index (χ0n) is 9.11. The molecule has 0 aliphatic rings. The van der Waals surface area contributed by atoms with Gasteiger partial charge in [-0.15, -0.1) is 0 Å². The Bertz CT molecular complexity index is 215. The Labute approximate surface area is 89.3 Å². The lowest BCUT2D eigenvalue weighted by molar-refractivity contribution is -0.118. The Balaban J connectivity index is 4.23. The van der Waals surface area contributed by atoms with Gasteiger partial charge in [0.1, 0.15) is 0 Å². The molecule has 0 bridgehead atoms. The second-order valence-corrected chi connectivity index (χ2v) is 4.76. The average molecular weight is 218 g/mol. The van der Waals surface area contributed by atoms with Gasteiger partial charge in [-0.25, -0.2) is 0 Å². The summed E-state index contributed by atoms with van der Waals surface area (Å²) in [6.07, 6.45) is 0.170. The monoisotopic (exact) mass is 218 g/mol. The smallest absolute Gasteiger partial charge is 0.201 e. The van der Waals surface area contributed by atoms with Gasteiger partial charge in [0.05, 0.1) is 12.0 Å². The molecule has 14 heavy (non-hydrogen) atoms. The first-order chi connectivity index (χ1) is 6.40. The number of aliphatic hydroxyl groups excluding tert-OH is 1. The molecule has 0 aliphatic carbocycles. The van der Waals surface area contributed by atoms with Crippen molar-refractivity contribution in [2.75, 3.05) is 0 Å². The van der Waals surface area contributed by atoms with Gasteiger partial charge >= 0.3 is 0 Å². The van der Waals surface area contributed by atoms with Crippen LogP contribution < -0.4 is 0 Å². The zero-order valence-corrected chi connectivity index (χ0v) is 9.93. The topological polar surface area (TPSA) is 54.4 Å². The summed E-state index contributed by atoms with van der Waals surface area (Å²) in [5.41, 5.74) is 0. The number of carbonyl (C=O) groups is 2. The second-order valence-electron chi connectivity index (χ2n) is 3.58. The number of rotatable bonds is 4. The third-order valence-electron chi connectivity index (χ3n) is 2.36. The van der Waals surface area contributed by atoms with E-state index in [0.717, 1.165) is 6.42 Å². The molecule has 0 fully saturated rings. The molecule has 0 aromatic carbocycles. The average Bonchev–Trinajstić information content (AvgIpc) is 2.13. The van der Waals surface area contributed by atoms with Crippen LogP contribution in [0, 0.1) is 11.8 Å². The Hall–Kier alpha value is -0.350. The van der Waals surface area contributed by atoms with E-state index in [1.807, 2.05) is 13.8 Å². The van der Waals surface area contributed by atoms with Gasteiger partial charge < -0.3 is 5.11 Å². The van der Waals surface area contributed by atoms with Gasteiger partial charge in [0.2, 0.25) is 5.12 Å². The largest absolute Gasteiger partial charge is 0.392 e. The third kappa shape index (κ3) is 4.24. The summed E-state index contributed by atoms with van der Waals surface area (Å²) in [5, 5.41) is 9.26. The summed E-state index contributed by atoms with van der Waals surface area (Å²) < 4.78 is 0. The minimum absolute atomic E-state index is 0.0847. The summed E-state index contributed by atoms with van der Waals surface area (Å²) in [4.78, 5) is 22.1. The molecule has 3 atom stereocenters. The number of carbonyl (C=O) groups excluding carboxylic acids is 2. The summed E-state index contributed by atoms with van der Waals surface area (Å²) in [5.74, 6) is -0.389. The van der Waals surface area contributed by atoms with E-state index in [1.165, 1.54) is 6.92 Å². The molecule has 0 aromatic rings. The molecule has 0 unspecified atom stereocenters. The van der Waals surface area contributed by atoms with Crippen LogP contribution in [0.4, 0.5) is 0 Å². The van der Waals surface area contributed by atoms with Gasteiger partial charge in [0.15, 0.2) is 5.12 Å². The van der Waals surface area contributed by atoms with Gasteiger partial charge in [-0.2, -0.15) is 0 Å². The van der Waals surface area contributed by atoms with Crippen molar-refractivity contribution in [3.8, 4) is 0 Å².